The Kier molecular flexibility index (Phi) is 4.43. The fraction of sp³-hybridized carbons (Fsp3) is 0.250. The van der Waals surface area contributed by atoms with Gasteiger partial charge < -0.3 is 14.3 Å². The van der Waals surface area contributed by atoms with E-state index in [2.05, 4.69) is 9.16 Å². The van der Waals surface area contributed by atoms with E-state index < -0.39 is 45.5 Å². The minimum atomic E-state index is -3.95. The topological polar surface area (TPSA) is 38.7 Å². The third-order valence-electron chi connectivity index (χ3n) is 1.49. The number of aliphatic hydroxyl groups is 1. The Morgan fingerprint density at radius 1 is 1.18 bits per heavy atom. The normalized spacial score (nSPS) is 11.6. The van der Waals surface area contributed by atoms with Crippen molar-refractivity contribution in [3.05, 3.63) is 29.6 Å². The second-order valence-electron chi connectivity index (χ2n) is 2.67. The second kappa shape index (κ2) is 5.43. The van der Waals surface area contributed by atoms with Crippen LogP contribution in [0.15, 0.2) is 12.1 Å². The van der Waals surface area contributed by atoms with Crippen molar-refractivity contribution in [1.82, 2.24) is 0 Å². The molecule has 9 heteroatoms. The number of ether oxygens (including phenoxy) is 1. The maximum Gasteiger partial charge on any atom is 0.395 e. The maximum atomic E-state index is 13.0. The smallest absolute Gasteiger partial charge is 0.395 e. The van der Waals surface area contributed by atoms with Crippen LogP contribution in [0.25, 0.3) is 0 Å². The molecule has 1 aromatic rings. The molecule has 0 aromatic heterocycles. The molecule has 94 valence electrons. The fourth-order valence-corrected chi connectivity index (χ4v) is 1.25. The highest BCUT2D eigenvalue weighted by Crippen LogP contribution is 2.26. The molecule has 0 heterocycles. The molecule has 0 aliphatic heterocycles. The molecule has 0 fully saturated rings. The lowest BCUT2D eigenvalue weighted by Gasteiger charge is -2.16. The Balaban J connectivity index is 2.84. The van der Waals surface area contributed by atoms with Gasteiger partial charge in [-0.05, 0) is 12.1 Å². The van der Waals surface area contributed by atoms with Crippen LogP contribution in [0, 0.1) is 17.5 Å². The molecule has 1 aromatic carbocycles. The molecule has 0 unspecified atom stereocenters. The molecule has 3 nitrogen and oxygen atoms in total. The van der Waals surface area contributed by atoms with E-state index in [4.69, 9.17) is 5.11 Å². The van der Waals surface area contributed by atoms with Crippen LogP contribution in [0.4, 0.5) is 22.0 Å². The molecular weight excluding hydrogens is 267 g/mol. The average Bonchev–Trinajstić information content (AvgIpc) is 2.27. The van der Waals surface area contributed by atoms with E-state index in [1.54, 1.807) is 0 Å². The maximum absolute atomic E-state index is 13.0. The van der Waals surface area contributed by atoms with Crippen LogP contribution in [-0.4, -0.2) is 27.4 Å². The monoisotopic (exact) mass is 272 g/mol. The first kappa shape index (κ1) is 13.9. The molecule has 0 bridgehead atoms. The predicted molar refractivity (Wildman–Crippen MR) is 45.8 cm³/mol. The van der Waals surface area contributed by atoms with E-state index >= 15 is 0 Å². The number of benzene rings is 1. The van der Waals surface area contributed by atoms with E-state index in [9.17, 15) is 22.0 Å². The highest BCUT2D eigenvalue weighted by Gasteiger charge is 2.36. The molecule has 0 spiro atoms. The van der Waals surface area contributed by atoms with Crippen molar-refractivity contribution in [1.29, 1.82) is 0 Å². The van der Waals surface area contributed by atoms with Gasteiger partial charge in [0.25, 0.3) is 0 Å². The first-order chi connectivity index (χ1) is 7.87. The second-order valence-corrected chi connectivity index (χ2v) is 3.74. The third-order valence-corrected chi connectivity index (χ3v) is 2.11. The molecule has 0 atom stereocenters. The van der Waals surface area contributed by atoms with Gasteiger partial charge in [-0.3, -0.25) is 0 Å². The predicted octanol–water partition coefficient (Wildman–Crippen LogP) is 1.62. The van der Waals surface area contributed by atoms with Gasteiger partial charge in [-0.2, -0.15) is 13.2 Å². The van der Waals surface area contributed by atoms with E-state index in [0.717, 1.165) is 0 Å². The average molecular weight is 272 g/mol. The summed E-state index contributed by atoms with van der Waals surface area (Å²) in [7, 11) is -1.61. The molecule has 0 aliphatic carbocycles. The van der Waals surface area contributed by atoms with Crippen LogP contribution in [0.5, 0.6) is 5.75 Å². The zero-order chi connectivity index (χ0) is 13.1. The van der Waals surface area contributed by atoms with Gasteiger partial charge in [-0.1, -0.05) is 0 Å². The van der Waals surface area contributed by atoms with Crippen molar-refractivity contribution < 1.29 is 36.2 Å². The van der Waals surface area contributed by atoms with Gasteiger partial charge in [0.15, 0.2) is 17.4 Å². The van der Waals surface area contributed by atoms with Crippen LogP contribution in [0.1, 0.15) is 0 Å². The molecule has 1 rings (SSSR count). The summed E-state index contributed by atoms with van der Waals surface area (Å²) in [5.74, 6) is -6.45. The molecule has 0 aliphatic rings. The Morgan fingerprint density at radius 2 is 1.82 bits per heavy atom. The van der Waals surface area contributed by atoms with Crippen LogP contribution in [0.3, 0.4) is 0 Å². The minimum Gasteiger partial charge on any atom is -0.432 e. The summed E-state index contributed by atoms with van der Waals surface area (Å²) in [6.45, 7) is -0.975. The summed E-state index contributed by atoms with van der Waals surface area (Å²) >= 11 is 0. The Hall–Kier alpha value is -1.19. The first-order valence-electron chi connectivity index (χ1n) is 4.07. The lowest BCUT2D eigenvalue weighted by atomic mass is 10.3. The van der Waals surface area contributed by atoms with Gasteiger partial charge in [-0.25, -0.2) is 8.78 Å². The van der Waals surface area contributed by atoms with Gasteiger partial charge in [-0.15, -0.1) is 0 Å². The number of aliphatic hydroxyl groups excluding tert-OH is 1. The Bertz CT molecular complexity index is 401. The molecular formula is C8H5F5O3Si. The van der Waals surface area contributed by atoms with Gasteiger partial charge in [0.1, 0.15) is 6.79 Å². The van der Waals surface area contributed by atoms with Crippen LogP contribution in [0.2, 0.25) is 0 Å². The Labute approximate surface area is 94.7 Å². The van der Waals surface area contributed by atoms with Gasteiger partial charge in [0.2, 0.25) is 5.82 Å². The third kappa shape index (κ3) is 3.65. The van der Waals surface area contributed by atoms with Crippen molar-refractivity contribution in [2.45, 2.75) is 5.73 Å². The molecule has 0 saturated carbocycles. The Morgan fingerprint density at radius 3 is 2.41 bits per heavy atom. The number of halogens is 5. The van der Waals surface area contributed by atoms with E-state index in [1.807, 2.05) is 0 Å². The molecule has 0 saturated heterocycles. The van der Waals surface area contributed by atoms with Gasteiger partial charge in [0.05, 0.1) is 0 Å². The van der Waals surface area contributed by atoms with E-state index in [1.165, 1.54) is 0 Å². The quantitative estimate of drug-likeness (QED) is 0.383. The van der Waals surface area contributed by atoms with Crippen LogP contribution in [-0.2, 0) is 4.43 Å². The summed E-state index contributed by atoms with van der Waals surface area (Å²) in [6, 6.07) is 0.963. The zero-order valence-corrected chi connectivity index (χ0v) is 9.02. The minimum absolute atomic E-state index is 0.444. The molecule has 1 N–H and O–H groups in total. The van der Waals surface area contributed by atoms with Crippen molar-refractivity contribution in [3.8, 4) is 5.75 Å². The largest absolute Gasteiger partial charge is 0.432 e. The highest BCUT2D eigenvalue weighted by molar-refractivity contribution is 6.30. The van der Waals surface area contributed by atoms with Crippen molar-refractivity contribution in [2.24, 2.45) is 0 Å². The first-order valence-corrected chi connectivity index (χ1v) is 4.98. The lowest BCUT2D eigenvalue weighted by Crippen LogP contribution is -2.34. The van der Waals surface area contributed by atoms with Gasteiger partial charge >= 0.3 is 15.5 Å². The summed E-state index contributed by atoms with van der Waals surface area (Å²) in [6.07, 6.45) is 0. The van der Waals surface area contributed by atoms with Crippen LogP contribution >= 0.6 is 0 Å². The van der Waals surface area contributed by atoms with Gasteiger partial charge in [0, 0.05) is 0 Å². The number of hydrogen-bond donors (Lipinski definition) is 1. The van der Waals surface area contributed by atoms with E-state index in [0.29, 0.717) is 12.1 Å². The zero-order valence-electron chi connectivity index (χ0n) is 8.02. The number of hydrogen-bond acceptors (Lipinski definition) is 3. The number of alkyl halides is 2. The molecule has 0 amide bonds. The standard InChI is InChI=1S/C8H5F5O3Si/c9-4-1-2-5(7(11)6(4)10)16-8(12,13)17-15-3-14/h1-2,14H,3H2. The number of rotatable bonds is 5. The van der Waals surface area contributed by atoms with Crippen molar-refractivity contribution in [2.75, 3.05) is 6.79 Å². The van der Waals surface area contributed by atoms with Crippen molar-refractivity contribution in [3.63, 3.8) is 0 Å². The highest BCUT2D eigenvalue weighted by atomic mass is 28.2. The summed E-state index contributed by atoms with van der Waals surface area (Å²) in [5, 5.41) is 8.14. The fourth-order valence-electron chi connectivity index (χ4n) is 0.862. The summed E-state index contributed by atoms with van der Waals surface area (Å²) in [5.41, 5.74) is -3.95. The van der Waals surface area contributed by atoms with Crippen LogP contribution < -0.4 is 4.74 Å². The van der Waals surface area contributed by atoms with E-state index in [-0.39, 0.29) is 0 Å². The lowest BCUT2D eigenvalue weighted by molar-refractivity contribution is -0.117. The van der Waals surface area contributed by atoms with Crippen molar-refractivity contribution >= 4 is 9.76 Å². The summed E-state index contributed by atoms with van der Waals surface area (Å²) in [4.78, 5) is 0. The SMILES string of the molecule is OCO[Si]C(F)(F)Oc1ccc(F)c(F)c1F. The molecule has 17 heavy (non-hydrogen) atoms. The molecule has 2 radical (unpaired) electrons. The summed E-state index contributed by atoms with van der Waals surface area (Å²) < 4.78 is 71.7.